The van der Waals surface area contributed by atoms with E-state index in [1.165, 1.54) is 0 Å². The van der Waals surface area contributed by atoms with Gasteiger partial charge in [0.25, 0.3) is 5.91 Å². The maximum absolute atomic E-state index is 12.5. The molecule has 0 aromatic heterocycles. The fraction of sp³-hybridized carbons (Fsp3) is 0.579. The molecular weight excluding hydrogens is 384 g/mol. The van der Waals surface area contributed by atoms with Crippen LogP contribution in [0.25, 0.3) is 0 Å². The molecule has 0 aliphatic carbocycles. The molecule has 6 heteroatoms. The van der Waals surface area contributed by atoms with Crippen molar-refractivity contribution in [1.29, 1.82) is 0 Å². The zero-order chi connectivity index (χ0) is 18.2. The number of rotatable bonds is 2. The molecule has 0 bridgehead atoms. The largest absolute Gasteiger partial charge is 0.444 e. The van der Waals surface area contributed by atoms with Crippen molar-refractivity contribution in [2.45, 2.75) is 45.8 Å². The van der Waals surface area contributed by atoms with Gasteiger partial charge in [-0.05, 0) is 63.3 Å². The van der Waals surface area contributed by atoms with Crippen molar-refractivity contribution in [3.05, 3.63) is 33.8 Å². The Hall–Kier alpha value is -1.56. The third kappa shape index (κ3) is 4.35. The molecule has 2 heterocycles. The summed E-state index contributed by atoms with van der Waals surface area (Å²) in [6.07, 6.45) is 1.58. The Bertz CT molecular complexity index is 676. The van der Waals surface area contributed by atoms with Gasteiger partial charge >= 0.3 is 6.09 Å². The van der Waals surface area contributed by atoms with Crippen LogP contribution in [0.4, 0.5) is 4.79 Å². The minimum absolute atomic E-state index is 0.122. The average molecular weight is 409 g/mol. The van der Waals surface area contributed by atoms with Gasteiger partial charge in [0.1, 0.15) is 5.60 Å². The van der Waals surface area contributed by atoms with Gasteiger partial charge in [-0.2, -0.15) is 0 Å². The molecule has 2 amide bonds. The second-order valence-electron chi connectivity index (χ2n) is 7.90. The van der Waals surface area contributed by atoms with Crippen molar-refractivity contribution in [1.82, 2.24) is 9.80 Å². The predicted octanol–water partition coefficient (Wildman–Crippen LogP) is 4.05. The van der Waals surface area contributed by atoms with Crippen LogP contribution in [0.3, 0.4) is 0 Å². The van der Waals surface area contributed by atoms with Gasteiger partial charge in [-0.15, -0.1) is 0 Å². The summed E-state index contributed by atoms with van der Waals surface area (Å²) in [6, 6.07) is 5.84. The number of nitrogens with zero attached hydrogens (tertiary/aromatic N) is 2. The van der Waals surface area contributed by atoms with Crippen LogP contribution in [0.1, 0.15) is 49.5 Å². The normalized spacial score (nSPS) is 18.5. The van der Waals surface area contributed by atoms with E-state index in [0.29, 0.717) is 25.6 Å². The highest BCUT2D eigenvalue weighted by atomic mass is 79.9. The Morgan fingerprint density at radius 1 is 1.28 bits per heavy atom. The van der Waals surface area contributed by atoms with Gasteiger partial charge in [0.15, 0.2) is 0 Å². The lowest BCUT2D eigenvalue weighted by atomic mass is 9.96. The number of halogens is 1. The molecule has 2 aliphatic heterocycles. The molecule has 1 fully saturated rings. The highest BCUT2D eigenvalue weighted by molar-refractivity contribution is 9.10. The van der Waals surface area contributed by atoms with E-state index in [2.05, 4.69) is 15.9 Å². The summed E-state index contributed by atoms with van der Waals surface area (Å²) < 4.78 is 6.44. The third-order valence-corrected chi connectivity index (χ3v) is 5.18. The van der Waals surface area contributed by atoms with Crippen molar-refractivity contribution >= 4 is 27.9 Å². The van der Waals surface area contributed by atoms with Crippen molar-refractivity contribution in [2.24, 2.45) is 5.92 Å². The van der Waals surface area contributed by atoms with Crippen LogP contribution in [-0.2, 0) is 11.3 Å². The number of carbonyl (C=O) groups is 2. The molecule has 2 aliphatic rings. The van der Waals surface area contributed by atoms with E-state index < -0.39 is 5.60 Å². The van der Waals surface area contributed by atoms with Gasteiger partial charge in [0.05, 0.1) is 0 Å². The molecule has 1 saturated heterocycles. The van der Waals surface area contributed by atoms with Crippen molar-refractivity contribution in [3.63, 3.8) is 0 Å². The van der Waals surface area contributed by atoms with Crippen LogP contribution in [-0.4, -0.2) is 47.0 Å². The van der Waals surface area contributed by atoms with Crippen molar-refractivity contribution < 1.29 is 14.3 Å². The first-order valence-corrected chi connectivity index (χ1v) is 9.58. The molecule has 0 radical (unpaired) electrons. The van der Waals surface area contributed by atoms with E-state index in [4.69, 9.17) is 4.74 Å². The number of amides is 2. The number of carbonyl (C=O) groups excluding carboxylic acids is 2. The number of hydrogen-bond acceptors (Lipinski definition) is 3. The molecule has 1 aromatic carbocycles. The van der Waals surface area contributed by atoms with Gasteiger partial charge in [-0.1, -0.05) is 15.9 Å². The summed E-state index contributed by atoms with van der Waals surface area (Å²) in [5.41, 5.74) is 1.44. The zero-order valence-corrected chi connectivity index (χ0v) is 16.6. The molecule has 0 unspecified atom stereocenters. The van der Waals surface area contributed by atoms with E-state index in [1.54, 1.807) is 4.90 Å². The minimum atomic E-state index is -0.462. The van der Waals surface area contributed by atoms with E-state index in [1.807, 2.05) is 43.9 Å². The van der Waals surface area contributed by atoms with Crippen LogP contribution in [0.2, 0.25) is 0 Å². The fourth-order valence-corrected chi connectivity index (χ4v) is 3.84. The number of piperidine rings is 1. The van der Waals surface area contributed by atoms with Gasteiger partial charge in [0.2, 0.25) is 0 Å². The SMILES string of the molecule is CC(C)(C)OC(=O)N1CCC(CN2Cc3cc(Br)ccc3C2=O)CC1. The Balaban J connectivity index is 1.52. The highest BCUT2D eigenvalue weighted by Crippen LogP contribution is 2.28. The smallest absolute Gasteiger partial charge is 0.410 e. The molecule has 136 valence electrons. The maximum atomic E-state index is 12.5. The third-order valence-electron chi connectivity index (χ3n) is 4.69. The molecule has 5 nitrogen and oxygen atoms in total. The zero-order valence-electron chi connectivity index (χ0n) is 15.0. The lowest BCUT2D eigenvalue weighted by molar-refractivity contribution is 0.0167. The lowest BCUT2D eigenvalue weighted by Crippen LogP contribution is -2.43. The highest BCUT2D eigenvalue weighted by Gasteiger charge is 2.32. The molecule has 0 spiro atoms. The van der Waals surface area contributed by atoms with Crippen molar-refractivity contribution in [3.8, 4) is 0 Å². The minimum Gasteiger partial charge on any atom is -0.444 e. The van der Waals surface area contributed by atoms with Crippen LogP contribution < -0.4 is 0 Å². The van der Waals surface area contributed by atoms with Gasteiger partial charge < -0.3 is 14.5 Å². The van der Waals surface area contributed by atoms with E-state index in [0.717, 1.165) is 35.0 Å². The Morgan fingerprint density at radius 2 is 1.96 bits per heavy atom. The average Bonchev–Trinajstić information content (AvgIpc) is 2.82. The lowest BCUT2D eigenvalue weighted by Gasteiger charge is -2.34. The van der Waals surface area contributed by atoms with Gasteiger partial charge in [-0.3, -0.25) is 4.79 Å². The van der Waals surface area contributed by atoms with Gasteiger partial charge in [-0.25, -0.2) is 4.79 Å². The number of likely N-dealkylation sites (tertiary alicyclic amines) is 1. The van der Waals surface area contributed by atoms with Gasteiger partial charge in [0, 0.05) is 36.2 Å². The van der Waals surface area contributed by atoms with E-state index >= 15 is 0 Å². The molecular formula is C19H25BrN2O3. The Labute approximate surface area is 157 Å². The molecule has 0 N–H and O–H groups in total. The van der Waals surface area contributed by atoms with Crippen molar-refractivity contribution in [2.75, 3.05) is 19.6 Å². The summed E-state index contributed by atoms with van der Waals surface area (Å²) >= 11 is 3.46. The van der Waals surface area contributed by atoms with Crippen LogP contribution >= 0.6 is 15.9 Å². The van der Waals surface area contributed by atoms with Crippen LogP contribution in [0.15, 0.2) is 22.7 Å². The molecule has 0 saturated carbocycles. The van der Waals surface area contributed by atoms with E-state index in [9.17, 15) is 9.59 Å². The number of benzene rings is 1. The number of hydrogen-bond donors (Lipinski definition) is 0. The van der Waals surface area contributed by atoms with Crippen LogP contribution in [0, 0.1) is 5.92 Å². The Morgan fingerprint density at radius 3 is 2.60 bits per heavy atom. The molecule has 3 rings (SSSR count). The standard InChI is InChI=1S/C19H25BrN2O3/c1-19(2,3)25-18(24)21-8-6-13(7-9-21)11-22-12-14-10-15(20)4-5-16(14)17(22)23/h4-5,10,13H,6-9,11-12H2,1-3H3. The quantitative estimate of drug-likeness (QED) is 0.741. The predicted molar refractivity (Wildman–Crippen MR) is 99.4 cm³/mol. The molecule has 0 atom stereocenters. The second kappa shape index (κ2) is 6.98. The summed E-state index contributed by atoms with van der Waals surface area (Å²) in [5.74, 6) is 0.553. The van der Waals surface area contributed by atoms with E-state index in [-0.39, 0.29) is 12.0 Å². The molecule has 25 heavy (non-hydrogen) atoms. The number of ether oxygens (including phenoxy) is 1. The Kier molecular flexibility index (Phi) is 5.09. The first kappa shape index (κ1) is 18.2. The first-order valence-electron chi connectivity index (χ1n) is 8.78. The topological polar surface area (TPSA) is 49.9 Å². The summed E-state index contributed by atoms with van der Waals surface area (Å²) in [6.45, 7) is 8.47. The second-order valence-corrected chi connectivity index (χ2v) is 8.81. The summed E-state index contributed by atoms with van der Waals surface area (Å²) in [5, 5.41) is 0. The summed E-state index contributed by atoms with van der Waals surface area (Å²) in [7, 11) is 0. The number of fused-ring (bicyclic) bond motifs is 1. The summed E-state index contributed by atoms with van der Waals surface area (Å²) in [4.78, 5) is 28.4. The monoisotopic (exact) mass is 408 g/mol. The maximum Gasteiger partial charge on any atom is 0.410 e. The molecule has 1 aromatic rings. The van der Waals surface area contributed by atoms with Crippen LogP contribution in [0.5, 0.6) is 0 Å². The fourth-order valence-electron chi connectivity index (χ4n) is 3.43. The first-order chi connectivity index (χ1) is 11.7.